The van der Waals surface area contributed by atoms with Crippen LogP contribution >= 0.6 is 0 Å². The van der Waals surface area contributed by atoms with Crippen LogP contribution in [0.2, 0.25) is 0 Å². The van der Waals surface area contributed by atoms with Crippen LogP contribution in [0.1, 0.15) is 7.13 Å². The van der Waals surface area contributed by atoms with Crippen LogP contribution in [0, 0.1) is 9.81 Å². The molecule has 0 amide bonds. The van der Waals surface area contributed by atoms with E-state index in [0.29, 0.717) is 0 Å². The first-order valence-electron chi connectivity index (χ1n) is 1.26. The Hall–Kier alpha value is 1.79. The molecule has 0 rings (SSSR count). The van der Waals surface area contributed by atoms with Gasteiger partial charge in [0.2, 0.25) is 0 Å². The predicted octanol–water partition coefficient (Wildman–Crippen LogP) is -3.21. The molecule has 64 valence electrons. The number of carboxylic acid groups (broad SMARTS) is 1. The van der Waals surface area contributed by atoms with Crippen LogP contribution in [0.5, 0.6) is 0 Å². The normalized spacial score (nSPS) is 3.00. The van der Waals surface area contributed by atoms with Crippen molar-refractivity contribution in [3.8, 4) is 0 Å². The molecule has 0 aliphatic heterocycles. The first-order chi connectivity index (χ1) is 4.24. The largest absolute Gasteiger partial charge is 2.00 e. The van der Waals surface area contributed by atoms with Crippen molar-refractivity contribution in [2.45, 2.75) is 0 Å². The summed E-state index contributed by atoms with van der Waals surface area (Å²) in [7, 11) is 0. The molecular formula is CH9Ca2N2NaO6. The Balaban J connectivity index is -0.00000000286. The first kappa shape index (κ1) is 37.2. The van der Waals surface area contributed by atoms with Crippen molar-refractivity contribution in [3.05, 3.63) is 9.81 Å². The summed E-state index contributed by atoms with van der Waals surface area (Å²) in [6.07, 6.45) is 0. The molecule has 0 atom stereocenters. The molecule has 0 aliphatic rings. The molecule has 0 heterocycles. The van der Waals surface area contributed by atoms with Gasteiger partial charge in [-0.05, 0) is 0 Å². The van der Waals surface area contributed by atoms with E-state index in [-0.39, 0.29) is 119 Å². The second-order valence-corrected chi connectivity index (χ2v) is 0.269. The summed E-state index contributed by atoms with van der Waals surface area (Å²) in [5.41, 5.74) is 0. The van der Waals surface area contributed by atoms with E-state index in [1.807, 2.05) is 0 Å². The molecule has 3 N–H and O–H groups in total. The number of rotatable bonds is 0. The van der Waals surface area contributed by atoms with Crippen LogP contribution in [0.25, 0.3) is 0 Å². The molecule has 0 aliphatic carbocycles. The molecule has 8 nitrogen and oxygen atoms in total. The zero-order valence-corrected chi connectivity index (χ0v) is 12.9. The van der Waals surface area contributed by atoms with Gasteiger partial charge in [-0.25, -0.2) is 0 Å². The summed E-state index contributed by atoms with van der Waals surface area (Å²) in [5.74, 6) is 0. The summed E-state index contributed by atoms with van der Waals surface area (Å²) < 4.78 is 0. The van der Waals surface area contributed by atoms with Crippen LogP contribution in [-0.2, 0) is 4.79 Å². The molecule has 0 radical (unpaired) electrons. The fourth-order valence-corrected chi connectivity index (χ4v) is 0. The van der Waals surface area contributed by atoms with E-state index in [9.17, 15) is 0 Å². The minimum absolute atomic E-state index is 0. The van der Waals surface area contributed by atoms with Gasteiger partial charge in [-0.3, -0.25) is 4.79 Å². The van der Waals surface area contributed by atoms with Gasteiger partial charge in [-0.2, -0.15) is 0 Å². The Morgan fingerprint density at radius 2 is 1.08 bits per heavy atom. The van der Waals surface area contributed by atoms with E-state index in [1.165, 1.54) is 10.7 Å². The molecule has 0 saturated heterocycles. The minimum atomic E-state index is -0.250. The number of hydrogen-bond acceptors (Lipinski definition) is 5. The fraction of sp³-hybridized carbons (Fsp3) is 0. The van der Waals surface area contributed by atoms with Crippen LogP contribution in [0.3, 0.4) is 0 Å². The van der Waals surface area contributed by atoms with E-state index in [2.05, 4.69) is 0 Å². The van der Waals surface area contributed by atoms with Gasteiger partial charge in [-0.1, -0.05) is 0 Å². The van der Waals surface area contributed by atoms with Crippen LogP contribution in [0.15, 0.2) is 10.7 Å². The molecule has 0 aromatic carbocycles. The molecule has 0 aromatic rings. The van der Waals surface area contributed by atoms with Gasteiger partial charge in [0, 0.05) is 0 Å². The van der Waals surface area contributed by atoms with E-state index in [1.54, 1.807) is 0 Å². The smallest absolute Gasteiger partial charge is 1.00 e. The third-order valence-corrected chi connectivity index (χ3v) is 0. The second kappa shape index (κ2) is 77.5. The van der Waals surface area contributed by atoms with Gasteiger partial charge >= 0.3 is 105 Å². The van der Waals surface area contributed by atoms with Crippen LogP contribution in [-0.4, -0.2) is 97.5 Å². The van der Waals surface area contributed by atoms with E-state index >= 15 is 0 Å². The van der Waals surface area contributed by atoms with E-state index < -0.39 is 0 Å². The zero-order valence-electron chi connectivity index (χ0n) is 11.5. The molecule has 0 unspecified atom stereocenters. The molecule has 0 aromatic heterocycles. The third kappa shape index (κ3) is 429. The number of nitrogens with zero attached hydrogens (tertiary/aromatic N) is 2. The Morgan fingerprint density at radius 3 is 1.08 bits per heavy atom. The van der Waals surface area contributed by atoms with Gasteiger partial charge in [-0.15, -0.1) is 9.81 Å². The average Bonchev–Trinajstić information content (AvgIpc) is 1.70. The Morgan fingerprint density at radius 1 is 1.08 bits per heavy atom. The van der Waals surface area contributed by atoms with Crippen LogP contribution < -0.4 is 29.6 Å². The number of carbonyl (C=O) groups is 1. The van der Waals surface area contributed by atoms with Gasteiger partial charge in [0.25, 0.3) is 6.47 Å². The van der Waals surface area contributed by atoms with Crippen molar-refractivity contribution in [2.24, 2.45) is 10.7 Å². The summed E-state index contributed by atoms with van der Waals surface area (Å²) >= 11 is 0. The molecule has 11 heteroatoms. The zero-order chi connectivity index (χ0) is 8.12. The van der Waals surface area contributed by atoms with E-state index in [0.717, 1.165) is 0 Å². The minimum Gasteiger partial charge on any atom is -1.00 e. The molecule has 12 heavy (non-hydrogen) atoms. The van der Waals surface area contributed by atoms with Crippen molar-refractivity contribution in [1.29, 1.82) is 0 Å². The Labute approximate surface area is 157 Å². The van der Waals surface area contributed by atoms with Crippen molar-refractivity contribution in [1.82, 2.24) is 0 Å². The molecular weight excluding hydrogens is 239 g/mol. The van der Waals surface area contributed by atoms with E-state index in [4.69, 9.17) is 30.1 Å². The topological polar surface area (TPSA) is 137 Å². The molecule has 0 bridgehead atoms. The number of hydrogen-bond donors (Lipinski definition) is 3. The fourth-order valence-electron chi connectivity index (χ4n) is 0. The van der Waals surface area contributed by atoms with Crippen molar-refractivity contribution in [2.75, 3.05) is 0 Å². The van der Waals surface area contributed by atoms with Gasteiger partial charge in [0.15, 0.2) is 10.7 Å². The summed E-state index contributed by atoms with van der Waals surface area (Å²) in [4.78, 5) is 24.6. The van der Waals surface area contributed by atoms with Crippen molar-refractivity contribution < 1.29 is 57.0 Å². The molecule has 0 spiro atoms. The maximum absolute atomic E-state index is 8.36. The quantitative estimate of drug-likeness (QED) is 0.178. The van der Waals surface area contributed by atoms with Crippen molar-refractivity contribution in [3.63, 3.8) is 0 Å². The van der Waals surface area contributed by atoms with Gasteiger partial charge < -0.3 is 22.7 Å². The molecule has 0 fully saturated rings. The maximum atomic E-state index is 8.36. The first-order valence-corrected chi connectivity index (χ1v) is 1.26. The SMILES string of the molecule is O=CO.O=NO.O=NO.[Ca+2].[Ca+2].[H-].[H-].[H-].[H-].[H-].[Na+]. The van der Waals surface area contributed by atoms with Crippen LogP contribution in [0.4, 0.5) is 0 Å². The Kier molecular flexibility index (Phi) is 240. The Bertz CT molecular complexity index is 75.2. The predicted molar refractivity (Wildman–Crippen MR) is 40.9 cm³/mol. The second-order valence-electron chi connectivity index (χ2n) is 0.269. The van der Waals surface area contributed by atoms with Gasteiger partial charge in [0.05, 0.1) is 0 Å². The average molecular weight is 248 g/mol. The summed E-state index contributed by atoms with van der Waals surface area (Å²) in [6, 6.07) is 0. The molecule has 0 saturated carbocycles. The van der Waals surface area contributed by atoms with Crippen molar-refractivity contribution >= 4 is 81.9 Å². The maximum Gasteiger partial charge on any atom is 2.00 e. The standard InChI is InChI=1S/CH2O2.2Ca.2HNO2.Na.5H/c2-1-3;;;2*2-1-3;;;;;;/h1H,(H,2,3);;;2*(H,2,3);;;;;;/q;2*+2;;;+1;5*-1. The third-order valence-electron chi connectivity index (χ3n) is 0. The summed E-state index contributed by atoms with van der Waals surface area (Å²) in [5, 5.41) is 22.7. The monoisotopic (exact) mass is 248 g/mol. The van der Waals surface area contributed by atoms with Gasteiger partial charge in [0.1, 0.15) is 0 Å². The summed E-state index contributed by atoms with van der Waals surface area (Å²) in [6.45, 7) is -0.250.